The van der Waals surface area contributed by atoms with Crippen molar-refractivity contribution in [2.24, 2.45) is 0 Å². The molecule has 0 bridgehead atoms. The molecule has 2 aromatic rings. The molecule has 1 saturated carbocycles. The quantitative estimate of drug-likeness (QED) is 0.328. The van der Waals surface area contributed by atoms with Crippen LogP contribution in [0.5, 0.6) is 0 Å². The zero-order valence-electron chi connectivity index (χ0n) is 16.1. The van der Waals surface area contributed by atoms with Gasteiger partial charge in [-0.3, -0.25) is 4.39 Å². The first-order valence-corrected chi connectivity index (χ1v) is 14.3. The monoisotopic (exact) mass is 474 g/mol. The first kappa shape index (κ1) is 21.3. The Morgan fingerprint density at radius 1 is 1.44 bits per heavy atom. The molecule has 0 saturated heterocycles. The maximum atomic E-state index is 13.2. The van der Waals surface area contributed by atoms with E-state index in [1.807, 2.05) is 18.7 Å². The fourth-order valence-corrected chi connectivity index (χ4v) is 5.91. The van der Waals surface area contributed by atoms with Crippen LogP contribution in [0.15, 0.2) is 24.3 Å². The number of rotatable bonds is 10. The average Bonchev–Trinajstić information content (AvgIpc) is 3.07. The largest absolute Gasteiger partial charge is 0.358 e. The van der Waals surface area contributed by atoms with Crippen molar-refractivity contribution in [1.82, 2.24) is 10.3 Å². The van der Waals surface area contributed by atoms with E-state index in [2.05, 4.69) is 45.3 Å². The first-order chi connectivity index (χ1) is 12.9. The van der Waals surface area contributed by atoms with Gasteiger partial charge in [-0.15, -0.1) is 0 Å². The summed E-state index contributed by atoms with van der Waals surface area (Å²) in [5.74, 6) is 0. The highest BCUT2D eigenvalue weighted by molar-refractivity contribution is 9.09. The number of aromatic amines is 1. The highest BCUT2D eigenvalue weighted by Crippen LogP contribution is 2.33. The van der Waals surface area contributed by atoms with Gasteiger partial charge in [0.25, 0.3) is 0 Å². The molecular weight excluding hydrogens is 447 g/mol. The van der Waals surface area contributed by atoms with Crippen molar-refractivity contribution in [3.05, 3.63) is 35.5 Å². The van der Waals surface area contributed by atoms with Crippen molar-refractivity contribution in [2.45, 2.75) is 56.4 Å². The zero-order chi connectivity index (χ0) is 19.5. The zero-order valence-corrected chi connectivity index (χ0v) is 19.4. The Morgan fingerprint density at radius 3 is 2.85 bits per heavy atom. The smallest absolute Gasteiger partial charge is 0.157 e. The van der Waals surface area contributed by atoms with Gasteiger partial charge in [0.05, 0.1) is 6.30 Å². The summed E-state index contributed by atoms with van der Waals surface area (Å²) in [5.41, 5.74) is 2.95. The first-order valence-electron chi connectivity index (χ1n) is 9.61. The fraction of sp³-hybridized carbons (Fsp3) is 0.600. The molecule has 1 aromatic heterocycles. The molecule has 2 unspecified atom stereocenters. The number of hydrogen-bond donors (Lipinski definition) is 2. The Bertz CT molecular complexity index is 764. The molecule has 0 amide bonds. The minimum atomic E-state index is -1.89. The van der Waals surface area contributed by atoms with E-state index < -0.39 is 13.6 Å². The predicted octanol–water partition coefficient (Wildman–Crippen LogP) is 5.98. The number of ether oxygens (including phenoxy) is 1. The van der Waals surface area contributed by atoms with Crippen molar-refractivity contribution in [3.8, 4) is 0 Å². The molecule has 7 heteroatoms. The lowest BCUT2D eigenvalue weighted by Crippen LogP contribution is -2.47. The number of fused-ring (bicyclic) bond motifs is 1. The highest BCUT2D eigenvalue weighted by Gasteiger charge is 2.31. The molecule has 3 nitrogen and oxygen atoms in total. The molecule has 0 spiro atoms. The van der Waals surface area contributed by atoms with E-state index in [0.717, 1.165) is 39.7 Å². The van der Waals surface area contributed by atoms with E-state index in [-0.39, 0.29) is 11.8 Å². The molecule has 1 heterocycles. The molecule has 27 heavy (non-hydrogen) atoms. The molecule has 0 aliphatic heterocycles. The maximum Gasteiger partial charge on any atom is 0.157 e. The van der Waals surface area contributed by atoms with Gasteiger partial charge in [-0.2, -0.15) is 0 Å². The molecule has 2 N–H and O–H groups in total. The van der Waals surface area contributed by atoms with Gasteiger partial charge in [0.1, 0.15) is 8.07 Å². The Morgan fingerprint density at radius 2 is 2.22 bits per heavy atom. The summed E-state index contributed by atoms with van der Waals surface area (Å²) in [7, 11) is -1.89. The molecule has 150 valence electrons. The van der Waals surface area contributed by atoms with Crippen LogP contribution < -0.4 is 5.32 Å². The predicted molar refractivity (Wildman–Crippen MR) is 118 cm³/mol. The third-order valence-electron chi connectivity index (χ3n) is 5.78. The van der Waals surface area contributed by atoms with Crippen molar-refractivity contribution < 1.29 is 9.13 Å². The van der Waals surface area contributed by atoms with Crippen LogP contribution in [0.2, 0.25) is 12.6 Å². The summed E-state index contributed by atoms with van der Waals surface area (Å²) in [6, 6.07) is 8.99. The third kappa shape index (κ3) is 5.15. The topological polar surface area (TPSA) is 37.0 Å². The van der Waals surface area contributed by atoms with Crippen LogP contribution >= 0.6 is 27.5 Å². The van der Waals surface area contributed by atoms with Gasteiger partial charge in [-0.25, -0.2) is 0 Å². The van der Waals surface area contributed by atoms with Gasteiger partial charge < -0.3 is 15.0 Å². The van der Waals surface area contributed by atoms with Crippen molar-refractivity contribution in [1.29, 1.82) is 0 Å². The number of H-pyrrole nitrogens is 1. The molecule has 1 aromatic carbocycles. The molecule has 1 aliphatic carbocycles. The second-order valence-corrected chi connectivity index (χ2v) is 15.1. The summed E-state index contributed by atoms with van der Waals surface area (Å²) in [4.78, 5) is 4.23. The van der Waals surface area contributed by atoms with E-state index in [9.17, 15) is 4.39 Å². The summed E-state index contributed by atoms with van der Waals surface area (Å²) >= 11 is 9.99. The molecule has 1 fully saturated rings. The molecule has 1 aliphatic rings. The summed E-state index contributed by atoms with van der Waals surface area (Å²) in [5, 5.41) is 4.75. The molecule has 3 rings (SSSR count). The van der Waals surface area contributed by atoms with E-state index >= 15 is 0 Å². The Kier molecular flexibility index (Phi) is 7.06. The average molecular weight is 476 g/mol. The minimum Gasteiger partial charge on any atom is -0.358 e. The number of nitrogens with one attached hydrogen (secondary N) is 2. The SMILES string of the molecule is CC1(NCc2cc3c(C(Cl)OCC[Si](C)(CF)CBr)cccc3[nH]2)CCC1. The van der Waals surface area contributed by atoms with Crippen LogP contribution in [0.3, 0.4) is 0 Å². The second-order valence-electron chi connectivity index (χ2n) is 8.39. The fourth-order valence-electron chi connectivity index (χ4n) is 3.39. The number of benzene rings is 1. The summed E-state index contributed by atoms with van der Waals surface area (Å²) < 4.78 is 19.1. The van der Waals surface area contributed by atoms with Crippen LogP contribution in [0, 0.1) is 0 Å². The summed E-state index contributed by atoms with van der Waals surface area (Å²) in [6.07, 6.45) is 3.55. The van der Waals surface area contributed by atoms with Crippen molar-refractivity contribution >= 4 is 46.5 Å². The lowest BCUT2D eigenvalue weighted by atomic mass is 9.78. The number of aromatic nitrogens is 1. The van der Waals surface area contributed by atoms with Crippen LogP contribution in [0.25, 0.3) is 10.9 Å². The second kappa shape index (κ2) is 8.95. The third-order valence-corrected chi connectivity index (χ3v) is 12.9. The van der Waals surface area contributed by atoms with Gasteiger partial charge in [0, 0.05) is 45.8 Å². The van der Waals surface area contributed by atoms with Gasteiger partial charge >= 0.3 is 0 Å². The lowest BCUT2D eigenvalue weighted by Gasteiger charge is -2.39. The lowest BCUT2D eigenvalue weighted by molar-refractivity contribution is 0.120. The van der Waals surface area contributed by atoms with Crippen molar-refractivity contribution in [2.75, 3.05) is 17.9 Å². The molecular formula is C20H29BrClFN2OSi. The van der Waals surface area contributed by atoms with E-state index in [1.165, 1.54) is 19.3 Å². The van der Waals surface area contributed by atoms with Crippen molar-refractivity contribution in [3.63, 3.8) is 0 Å². The van der Waals surface area contributed by atoms with Gasteiger partial charge in [-0.05, 0) is 44.4 Å². The van der Waals surface area contributed by atoms with Gasteiger partial charge in [0.2, 0.25) is 0 Å². The van der Waals surface area contributed by atoms with Crippen LogP contribution in [-0.2, 0) is 11.3 Å². The van der Waals surface area contributed by atoms with Gasteiger partial charge in [0.15, 0.2) is 5.56 Å². The standard InChI is InChI=1S/C20H29BrClFN2OSi/c1-20(7-4-8-20)24-12-15-11-17-16(5-3-6-18(17)25-15)19(22)26-9-10-27(2,13-21)14-23/h3,5-6,11,19,24-25H,4,7-10,12-14H2,1-2H3. The molecule has 2 atom stereocenters. The highest BCUT2D eigenvalue weighted by atomic mass is 79.9. The van der Waals surface area contributed by atoms with Crippen LogP contribution in [-0.4, -0.2) is 36.5 Å². The number of alkyl halides is 3. The Balaban J connectivity index is 1.65. The van der Waals surface area contributed by atoms with Crippen LogP contribution in [0.4, 0.5) is 4.39 Å². The Labute approximate surface area is 175 Å². The van der Waals surface area contributed by atoms with Gasteiger partial charge in [-0.1, -0.05) is 46.2 Å². The minimum absolute atomic E-state index is 0.239. The maximum absolute atomic E-state index is 13.2. The summed E-state index contributed by atoms with van der Waals surface area (Å²) in [6.45, 7) is 5.64. The normalized spacial score (nSPS) is 19.6. The Hall–Kier alpha value is -0.403. The number of hydrogen-bond acceptors (Lipinski definition) is 2. The van der Waals surface area contributed by atoms with Crippen LogP contribution in [0.1, 0.15) is 43.0 Å². The molecule has 0 radical (unpaired) electrons. The van der Waals surface area contributed by atoms with E-state index in [1.54, 1.807) is 0 Å². The van der Waals surface area contributed by atoms with E-state index in [4.69, 9.17) is 16.3 Å². The van der Waals surface area contributed by atoms with E-state index in [0.29, 0.717) is 6.61 Å². The number of halogens is 3.